The second-order valence-corrected chi connectivity index (χ2v) is 14.2. The summed E-state index contributed by atoms with van der Waals surface area (Å²) in [5.74, 6) is -1.62. The van der Waals surface area contributed by atoms with Crippen LogP contribution in [0.3, 0.4) is 0 Å². The summed E-state index contributed by atoms with van der Waals surface area (Å²) >= 11 is 0. The van der Waals surface area contributed by atoms with Gasteiger partial charge in [0.1, 0.15) is 6.04 Å². The van der Waals surface area contributed by atoms with Crippen LogP contribution in [0.4, 0.5) is 0 Å². The largest absolute Gasteiger partial charge is 0.466 e. The Balaban J connectivity index is 3.48. The lowest BCUT2D eigenvalue weighted by Gasteiger charge is -2.10. The van der Waals surface area contributed by atoms with Crippen molar-refractivity contribution in [1.82, 2.24) is 0 Å². The van der Waals surface area contributed by atoms with E-state index in [1.165, 1.54) is 167 Å². The number of rotatable bonds is 37. The number of hydrogen-bond donors (Lipinski definition) is 1. The summed E-state index contributed by atoms with van der Waals surface area (Å²) in [6, 6.07) is -0.983. The molecule has 2 N–H and O–H groups in total. The van der Waals surface area contributed by atoms with Crippen LogP contribution in [0.25, 0.3) is 0 Å². The molecule has 0 aromatic carbocycles. The standard InChI is InChI=1S/C41H79NO5/c1-3-5-7-9-11-13-15-17-19-21-23-25-27-29-31-33-37-46-39(43)36-35-38(42)41(45)47-40(44)34-32-30-28-26-24-22-20-18-16-14-12-10-8-6-4-2/h38H,3-37,42H2,1-2H3/t38-/m0/s1. The molecule has 0 amide bonds. The molecule has 278 valence electrons. The molecule has 0 aromatic heterocycles. The second-order valence-electron chi connectivity index (χ2n) is 14.2. The summed E-state index contributed by atoms with van der Waals surface area (Å²) in [6.07, 6.45) is 40.2. The van der Waals surface area contributed by atoms with Crippen LogP contribution in [0.15, 0.2) is 0 Å². The van der Waals surface area contributed by atoms with Gasteiger partial charge in [-0.1, -0.05) is 200 Å². The van der Waals surface area contributed by atoms with Crippen LogP contribution in [-0.4, -0.2) is 30.6 Å². The lowest BCUT2D eigenvalue weighted by atomic mass is 10.0. The zero-order valence-corrected chi connectivity index (χ0v) is 31.4. The first-order valence-corrected chi connectivity index (χ1v) is 20.7. The maximum absolute atomic E-state index is 12.1. The van der Waals surface area contributed by atoms with E-state index < -0.39 is 18.0 Å². The summed E-state index contributed by atoms with van der Waals surface area (Å²) in [7, 11) is 0. The van der Waals surface area contributed by atoms with Gasteiger partial charge in [0, 0.05) is 12.8 Å². The van der Waals surface area contributed by atoms with Crippen molar-refractivity contribution in [3.63, 3.8) is 0 Å². The molecule has 0 aliphatic rings. The maximum Gasteiger partial charge on any atom is 0.330 e. The normalized spacial score (nSPS) is 11.9. The van der Waals surface area contributed by atoms with Gasteiger partial charge in [-0.15, -0.1) is 0 Å². The summed E-state index contributed by atoms with van der Waals surface area (Å²) in [4.78, 5) is 36.2. The Bertz CT molecular complexity index is 697. The van der Waals surface area contributed by atoms with Gasteiger partial charge in [-0.05, 0) is 19.3 Å². The molecule has 1 atom stereocenters. The quantitative estimate of drug-likeness (QED) is 0.0403. The molecule has 0 aromatic rings. The fourth-order valence-corrected chi connectivity index (χ4v) is 6.18. The van der Waals surface area contributed by atoms with Crippen LogP contribution in [0.5, 0.6) is 0 Å². The molecule has 0 radical (unpaired) electrons. The highest BCUT2D eigenvalue weighted by atomic mass is 16.6. The third-order valence-electron chi connectivity index (χ3n) is 9.42. The number of esters is 3. The van der Waals surface area contributed by atoms with E-state index in [1.54, 1.807) is 0 Å². The zero-order chi connectivity index (χ0) is 34.5. The van der Waals surface area contributed by atoms with Crippen LogP contribution in [-0.2, 0) is 23.9 Å². The van der Waals surface area contributed by atoms with E-state index in [1.807, 2.05) is 0 Å². The minimum atomic E-state index is -0.983. The molecule has 0 rings (SSSR count). The van der Waals surface area contributed by atoms with Crippen molar-refractivity contribution >= 4 is 17.9 Å². The molecule has 0 heterocycles. The molecular formula is C41H79NO5. The van der Waals surface area contributed by atoms with Crippen molar-refractivity contribution in [2.75, 3.05) is 6.61 Å². The predicted molar refractivity (Wildman–Crippen MR) is 198 cm³/mol. The van der Waals surface area contributed by atoms with Crippen LogP contribution in [0.1, 0.15) is 232 Å². The van der Waals surface area contributed by atoms with Gasteiger partial charge in [-0.3, -0.25) is 9.59 Å². The van der Waals surface area contributed by atoms with E-state index in [2.05, 4.69) is 13.8 Å². The van der Waals surface area contributed by atoms with Crippen molar-refractivity contribution in [3.05, 3.63) is 0 Å². The van der Waals surface area contributed by atoms with Crippen molar-refractivity contribution < 1.29 is 23.9 Å². The van der Waals surface area contributed by atoms with E-state index >= 15 is 0 Å². The Morgan fingerprint density at radius 3 is 1.11 bits per heavy atom. The van der Waals surface area contributed by atoms with Gasteiger partial charge in [0.2, 0.25) is 0 Å². The SMILES string of the molecule is CCCCCCCCCCCCCCCCCCOC(=O)CC[C@H](N)C(=O)OC(=O)CCCCCCCCCCCCCCCCC. The van der Waals surface area contributed by atoms with Crippen molar-refractivity contribution in [2.45, 2.75) is 238 Å². The van der Waals surface area contributed by atoms with E-state index in [0.29, 0.717) is 6.61 Å². The second kappa shape index (κ2) is 37.4. The lowest BCUT2D eigenvalue weighted by molar-refractivity contribution is -0.160. The number of carbonyl (C=O) groups is 3. The topological polar surface area (TPSA) is 95.7 Å². The van der Waals surface area contributed by atoms with E-state index in [-0.39, 0.29) is 25.2 Å². The van der Waals surface area contributed by atoms with Gasteiger partial charge in [0.15, 0.2) is 0 Å². The minimum Gasteiger partial charge on any atom is -0.466 e. The fourth-order valence-electron chi connectivity index (χ4n) is 6.18. The van der Waals surface area contributed by atoms with Crippen LogP contribution >= 0.6 is 0 Å². The molecule has 0 aliphatic carbocycles. The minimum absolute atomic E-state index is 0.0579. The first kappa shape index (κ1) is 45.6. The smallest absolute Gasteiger partial charge is 0.330 e. The van der Waals surface area contributed by atoms with Crippen molar-refractivity contribution in [3.8, 4) is 0 Å². The van der Waals surface area contributed by atoms with Crippen molar-refractivity contribution in [2.24, 2.45) is 5.73 Å². The van der Waals surface area contributed by atoms with Gasteiger partial charge >= 0.3 is 17.9 Å². The molecule has 47 heavy (non-hydrogen) atoms. The monoisotopic (exact) mass is 666 g/mol. The highest BCUT2D eigenvalue weighted by Gasteiger charge is 2.20. The first-order chi connectivity index (χ1) is 23.0. The summed E-state index contributed by atoms with van der Waals surface area (Å²) in [6.45, 7) is 4.95. The van der Waals surface area contributed by atoms with E-state index in [0.717, 1.165) is 32.1 Å². The van der Waals surface area contributed by atoms with Gasteiger partial charge in [0.05, 0.1) is 6.61 Å². The lowest BCUT2D eigenvalue weighted by Crippen LogP contribution is -2.34. The Kier molecular flexibility index (Phi) is 36.3. The molecular weight excluding hydrogens is 586 g/mol. The molecule has 6 nitrogen and oxygen atoms in total. The molecule has 0 fully saturated rings. The summed E-state index contributed by atoms with van der Waals surface area (Å²) in [5.41, 5.74) is 5.86. The Morgan fingerprint density at radius 2 is 0.745 bits per heavy atom. The first-order valence-electron chi connectivity index (χ1n) is 20.7. The Labute approximate surface area is 291 Å². The number of nitrogens with two attached hydrogens (primary N) is 1. The molecule has 0 saturated heterocycles. The molecule has 6 heteroatoms. The van der Waals surface area contributed by atoms with Gasteiger partial charge < -0.3 is 15.2 Å². The number of unbranched alkanes of at least 4 members (excludes halogenated alkanes) is 29. The van der Waals surface area contributed by atoms with Crippen LogP contribution in [0.2, 0.25) is 0 Å². The average molecular weight is 666 g/mol. The number of carbonyl (C=O) groups excluding carboxylic acids is 3. The van der Waals surface area contributed by atoms with Gasteiger partial charge in [-0.2, -0.15) is 0 Å². The number of hydrogen-bond acceptors (Lipinski definition) is 6. The molecule has 0 aliphatic heterocycles. The molecule has 0 unspecified atom stereocenters. The highest BCUT2D eigenvalue weighted by Crippen LogP contribution is 2.15. The average Bonchev–Trinajstić information content (AvgIpc) is 3.06. The third-order valence-corrected chi connectivity index (χ3v) is 9.42. The van der Waals surface area contributed by atoms with Gasteiger partial charge in [0.25, 0.3) is 0 Å². The highest BCUT2D eigenvalue weighted by molar-refractivity contribution is 5.88. The molecule has 0 saturated carbocycles. The fraction of sp³-hybridized carbons (Fsp3) is 0.927. The van der Waals surface area contributed by atoms with Crippen LogP contribution in [0, 0.1) is 0 Å². The third kappa shape index (κ3) is 35.7. The van der Waals surface area contributed by atoms with E-state index in [9.17, 15) is 14.4 Å². The van der Waals surface area contributed by atoms with E-state index in [4.69, 9.17) is 15.2 Å². The number of ether oxygens (including phenoxy) is 2. The molecule has 0 bridgehead atoms. The summed E-state index contributed by atoms with van der Waals surface area (Å²) in [5, 5.41) is 0. The molecule has 0 spiro atoms. The zero-order valence-electron chi connectivity index (χ0n) is 31.4. The predicted octanol–water partition coefficient (Wildman–Crippen LogP) is 12.2. The van der Waals surface area contributed by atoms with Crippen LogP contribution < -0.4 is 5.73 Å². The summed E-state index contributed by atoms with van der Waals surface area (Å²) < 4.78 is 10.2. The van der Waals surface area contributed by atoms with Crippen molar-refractivity contribution in [1.29, 1.82) is 0 Å². The Morgan fingerprint density at radius 1 is 0.426 bits per heavy atom. The Hall–Kier alpha value is -1.43. The van der Waals surface area contributed by atoms with Gasteiger partial charge in [-0.25, -0.2) is 4.79 Å². The maximum atomic E-state index is 12.1.